The predicted molar refractivity (Wildman–Crippen MR) is 147 cm³/mol. The van der Waals surface area contributed by atoms with E-state index >= 15 is 0 Å². The van der Waals surface area contributed by atoms with Gasteiger partial charge < -0.3 is 25.6 Å². The summed E-state index contributed by atoms with van der Waals surface area (Å²) >= 11 is 0. The summed E-state index contributed by atoms with van der Waals surface area (Å²) in [6.45, 7) is 7.08. The van der Waals surface area contributed by atoms with E-state index in [1.165, 1.54) is 18.2 Å². The van der Waals surface area contributed by atoms with Crippen LogP contribution in [0.2, 0.25) is 0 Å². The van der Waals surface area contributed by atoms with Gasteiger partial charge in [0, 0.05) is 17.9 Å². The Morgan fingerprint density at radius 3 is 2.21 bits per heavy atom. The molecule has 0 amide bonds. The second-order valence-electron chi connectivity index (χ2n) is 8.37. The van der Waals surface area contributed by atoms with Crippen molar-refractivity contribution in [3.8, 4) is 0 Å². The first-order valence-corrected chi connectivity index (χ1v) is 13.2. The fourth-order valence-electron chi connectivity index (χ4n) is 3.33. The van der Waals surface area contributed by atoms with Gasteiger partial charge in [-0.15, -0.1) is 0 Å². The Balaban J connectivity index is 1.88. The minimum atomic E-state index is -4.48. The summed E-state index contributed by atoms with van der Waals surface area (Å²) in [5, 5.41) is 9.20. The van der Waals surface area contributed by atoms with Crippen LogP contribution in [0.5, 0.6) is 0 Å². The molecule has 3 aromatic rings. The number of carbonyl (C=O) groups is 1. The molecule has 38 heavy (non-hydrogen) atoms. The first kappa shape index (κ1) is 28.5. The quantitative estimate of drug-likeness (QED) is 0.141. The molecule has 0 spiro atoms. The molecule has 0 aliphatic carbocycles. The topological polar surface area (TPSA) is 159 Å². The monoisotopic (exact) mass is 541 g/mol. The highest BCUT2D eigenvalue weighted by atomic mass is 32.2. The van der Waals surface area contributed by atoms with Crippen LogP contribution in [0.15, 0.2) is 53.9 Å². The zero-order chi connectivity index (χ0) is 27.7. The van der Waals surface area contributed by atoms with E-state index < -0.39 is 16.1 Å². The Hall–Kier alpha value is -4.07. The lowest BCUT2D eigenvalue weighted by atomic mass is 10.2. The first-order chi connectivity index (χ1) is 18.1. The molecule has 0 aliphatic heterocycles. The summed E-state index contributed by atoms with van der Waals surface area (Å²) in [5.41, 5.74) is 1.62. The number of benzene rings is 2. The van der Waals surface area contributed by atoms with Crippen LogP contribution in [0.4, 0.5) is 29.2 Å². The van der Waals surface area contributed by atoms with Crippen LogP contribution in [0, 0.1) is 0 Å². The fourth-order valence-corrected chi connectivity index (χ4v) is 4.05. The van der Waals surface area contributed by atoms with E-state index in [4.69, 9.17) is 4.74 Å². The normalized spacial score (nSPS) is 11.2. The number of aromatic nitrogens is 3. The number of hydrogen-bond acceptors (Lipinski definition) is 11. The van der Waals surface area contributed by atoms with E-state index in [1.807, 2.05) is 14.1 Å². The molecule has 0 unspecified atom stereocenters. The molecule has 13 heteroatoms. The molecule has 202 valence electrons. The summed E-state index contributed by atoms with van der Waals surface area (Å²) < 4.78 is 38.2. The maximum Gasteiger partial charge on any atom is 0.338 e. The SMILES string of the molecule is C=Cc1ccc(Nc2nc(NCCCN(C)C)nc(Nc3ccc(C(=O)OCC)cc3)n2)cc1S(=O)(=O)O. The van der Waals surface area contributed by atoms with Gasteiger partial charge in [0.2, 0.25) is 17.8 Å². The van der Waals surface area contributed by atoms with E-state index in [2.05, 4.69) is 42.4 Å². The molecule has 4 N–H and O–H groups in total. The van der Waals surface area contributed by atoms with Crippen LogP contribution < -0.4 is 16.0 Å². The highest BCUT2D eigenvalue weighted by Crippen LogP contribution is 2.24. The molecule has 0 saturated heterocycles. The van der Waals surface area contributed by atoms with Crippen molar-refractivity contribution in [3.63, 3.8) is 0 Å². The summed E-state index contributed by atoms with van der Waals surface area (Å²) in [6, 6.07) is 11.0. The lowest BCUT2D eigenvalue weighted by Crippen LogP contribution is -2.17. The summed E-state index contributed by atoms with van der Waals surface area (Å²) in [4.78, 5) is 26.9. The largest absolute Gasteiger partial charge is 0.462 e. The minimum Gasteiger partial charge on any atom is -0.462 e. The minimum absolute atomic E-state index is 0.133. The number of rotatable bonds is 13. The number of anilines is 5. The van der Waals surface area contributed by atoms with Crippen molar-refractivity contribution in [3.05, 3.63) is 60.2 Å². The smallest absolute Gasteiger partial charge is 0.338 e. The molecule has 1 heterocycles. The van der Waals surface area contributed by atoms with E-state index in [9.17, 15) is 17.8 Å². The van der Waals surface area contributed by atoms with Gasteiger partial charge in [0.25, 0.3) is 10.1 Å². The maximum atomic E-state index is 11.9. The zero-order valence-corrected chi connectivity index (χ0v) is 22.2. The van der Waals surface area contributed by atoms with E-state index in [0.717, 1.165) is 13.0 Å². The Bertz CT molecular complexity index is 1380. The highest BCUT2D eigenvalue weighted by molar-refractivity contribution is 7.86. The number of carbonyl (C=O) groups excluding carboxylic acids is 1. The Morgan fingerprint density at radius 1 is 1.03 bits per heavy atom. The molecule has 12 nitrogen and oxygen atoms in total. The second-order valence-corrected chi connectivity index (χ2v) is 9.76. The molecular formula is C25H31N7O5S. The van der Waals surface area contributed by atoms with Gasteiger partial charge in [-0.1, -0.05) is 18.7 Å². The summed E-state index contributed by atoms with van der Waals surface area (Å²) in [5.74, 6) is 0.221. The molecule has 0 atom stereocenters. The Labute approximate surface area is 221 Å². The van der Waals surface area contributed by atoms with Gasteiger partial charge >= 0.3 is 5.97 Å². The average molecular weight is 542 g/mol. The molecule has 0 fully saturated rings. The number of esters is 1. The van der Waals surface area contributed by atoms with Crippen molar-refractivity contribution in [2.75, 3.05) is 49.7 Å². The third-order valence-electron chi connectivity index (χ3n) is 5.12. The number of nitrogens with zero attached hydrogens (tertiary/aromatic N) is 4. The van der Waals surface area contributed by atoms with Crippen LogP contribution in [0.1, 0.15) is 29.3 Å². The average Bonchev–Trinajstić information content (AvgIpc) is 2.86. The van der Waals surface area contributed by atoms with Crippen LogP contribution in [0.25, 0.3) is 6.08 Å². The van der Waals surface area contributed by atoms with Crippen molar-refractivity contribution in [1.82, 2.24) is 19.9 Å². The highest BCUT2D eigenvalue weighted by Gasteiger charge is 2.16. The maximum absolute atomic E-state index is 11.9. The predicted octanol–water partition coefficient (Wildman–Crippen LogP) is 3.79. The summed E-state index contributed by atoms with van der Waals surface area (Å²) in [6.07, 6.45) is 2.18. The molecule has 0 radical (unpaired) electrons. The Morgan fingerprint density at radius 2 is 1.63 bits per heavy atom. The lowest BCUT2D eigenvalue weighted by Gasteiger charge is -2.13. The first-order valence-electron chi connectivity index (χ1n) is 11.8. The molecular weight excluding hydrogens is 510 g/mol. The molecule has 1 aromatic heterocycles. The van der Waals surface area contributed by atoms with Gasteiger partial charge in [-0.2, -0.15) is 23.4 Å². The van der Waals surface area contributed by atoms with E-state index in [1.54, 1.807) is 37.3 Å². The number of nitrogens with one attached hydrogen (secondary N) is 3. The zero-order valence-electron chi connectivity index (χ0n) is 21.4. The molecule has 3 rings (SSSR count). The van der Waals surface area contributed by atoms with Gasteiger partial charge in [0.15, 0.2) is 0 Å². The van der Waals surface area contributed by atoms with Crippen molar-refractivity contribution in [1.29, 1.82) is 0 Å². The second kappa shape index (κ2) is 12.9. The van der Waals surface area contributed by atoms with Crippen molar-refractivity contribution in [2.24, 2.45) is 0 Å². The van der Waals surface area contributed by atoms with Gasteiger partial charge in [-0.25, -0.2) is 4.79 Å². The third-order valence-corrected chi connectivity index (χ3v) is 6.03. The molecule has 0 bridgehead atoms. The van der Waals surface area contributed by atoms with Gasteiger partial charge in [0.05, 0.1) is 12.2 Å². The van der Waals surface area contributed by atoms with E-state index in [0.29, 0.717) is 29.4 Å². The van der Waals surface area contributed by atoms with Crippen molar-refractivity contribution >= 4 is 51.4 Å². The van der Waals surface area contributed by atoms with Gasteiger partial charge in [-0.05, 0) is 75.9 Å². The summed E-state index contributed by atoms with van der Waals surface area (Å²) in [7, 11) is -0.509. The fraction of sp³-hybridized carbons (Fsp3) is 0.280. The third kappa shape index (κ3) is 8.23. The van der Waals surface area contributed by atoms with E-state index in [-0.39, 0.29) is 29.0 Å². The van der Waals surface area contributed by atoms with Crippen LogP contribution in [0.3, 0.4) is 0 Å². The van der Waals surface area contributed by atoms with Crippen molar-refractivity contribution in [2.45, 2.75) is 18.2 Å². The molecule has 0 saturated carbocycles. The lowest BCUT2D eigenvalue weighted by molar-refractivity contribution is 0.0526. The number of ether oxygens (including phenoxy) is 1. The van der Waals surface area contributed by atoms with Crippen LogP contribution in [-0.4, -0.2) is 72.6 Å². The number of hydrogen-bond donors (Lipinski definition) is 4. The molecule has 0 aliphatic rings. The van der Waals surface area contributed by atoms with Crippen LogP contribution in [-0.2, 0) is 14.9 Å². The van der Waals surface area contributed by atoms with Crippen LogP contribution >= 0.6 is 0 Å². The van der Waals surface area contributed by atoms with Crippen molar-refractivity contribution < 1.29 is 22.5 Å². The van der Waals surface area contributed by atoms with Gasteiger partial charge in [-0.3, -0.25) is 4.55 Å². The van der Waals surface area contributed by atoms with Gasteiger partial charge in [0.1, 0.15) is 4.90 Å². The Kier molecular flexibility index (Phi) is 9.71. The standard InChI is InChI=1S/C25H31N7O5S/c1-5-17-8-13-20(16-21(17)38(34,35)36)28-25-30-23(26-14-7-15-32(3)4)29-24(31-25)27-19-11-9-18(10-12-19)22(33)37-6-2/h5,8-13,16H,1,6-7,14-15H2,2-4H3,(H,34,35,36)(H3,26,27,28,29,30,31). The molecule has 2 aromatic carbocycles.